The molecule has 0 aliphatic heterocycles. The van der Waals surface area contributed by atoms with E-state index in [1.165, 1.54) is 6.08 Å². The first kappa shape index (κ1) is 15.8. The van der Waals surface area contributed by atoms with Crippen molar-refractivity contribution < 1.29 is 9.53 Å². The van der Waals surface area contributed by atoms with Crippen molar-refractivity contribution in [1.82, 2.24) is 4.98 Å². The number of pyridine rings is 1. The summed E-state index contributed by atoms with van der Waals surface area (Å²) in [6.45, 7) is 5.86. The Morgan fingerprint density at radius 1 is 1.27 bits per heavy atom. The van der Waals surface area contributed by atoms with Crippen LogP contribution < -0.4 is 10.1 Å². The van der Waals surface area contributed by atoms with Gasteiger partial charge in [0, 0.05) is 12.3 Å². The summed E-state index contributed by atoms with van der Waals surface area (Å²) in [5.41, 5.74) is 1.84. The molecule has 2 rings (SSSR count). The number of hydrogen-bond acceptors (Lipinski definition) is 3. The molecule has 0 saturated carbocycles. The molecular formula is C18H20N2O2. The van der Waals surface area contributed by atoms with E-state index in [4.69, 9.17) is 4.74 Å². The van der Waals surface area contributed by atoms with Crippen LogP contribution in [0.1, 0.15) is 25.0 Å². The lowest BCUT2D eigenvalue weighted by atomic mass is 10.2. The lowest BCUT2D eigenvalue weighted by molar-refractivity contribution is -0.111. The molecule has 0 atom stereocenters. The van der Waals surface area contributed by atoms with Crippen LogP contribution in [0.3, 0.4) is 0 Å². The Balaban J connectivity index is 2.02. The Kier molecular flexibility index (Phi) is 5.31. The molecular weight excluding hydrogens is 276 g/mol. The van der Waals surface area contributed by atoms with E-state index in [1.54, 1.807) is 12.3 Å². The molecule has 0 saturated heterocycles. The van der Waals surface area contributed by atoms with E-state index in [1.807, 2.05) is 57.2 Å². The second-order valence-electron chi connectivity index (χ2n) is 5.23. The summed E-state index contributed by atoms with van der Waals surface area (Å²) in [6.07, 6.45) is 5.01. The zero-order chi connectivity index (χ0) is 15.9. The van der Waals surface area contributed by atoms with Gasteiger partial charge in [0.05, 0.1) is 6.10 Å². The second-order valence-corrected chi connectivity index (χ2v) is 5.23. The van der Waals surface area contributed by atoms with Gasteiger partial charge in [-0.25, -0.2) is 4.98 Å². The first-order chi connectivity index (χ1) is 10.5. The van der Waals surface area contributed by atoms with Crippen LogP contribution in [0, 0.1) is 6.92 Å². The molecule has 4 nitrogen and oxygen atoms in total. The number of nitrogens with one attached hydrogen (secondary N) is 1. The molecule has 1 aromatic carbocycles. The van der Waals surface area contributed by atoms with Crippen molar-refractivity contribution in [1.29, 1.82) is 0 Å². The number of carbonyl (C=O) groups excluding carboxylic acids is 1. The summed E-state index contributed by atoms with van der Waals surface area (Å²) < 4.78 is 5.63. The van der Waals surface area contributed by atoms with E-state index >= 15 is 0 Å². The normalized spacial score (nSPS) is 10.9. The molecule has 2 aromatic rings. The second kappa shape index (κ2) is 7.41. The topological polar surface area (TPSA) is 51.2 Å². The lowest BCUT2D eigenvalue weighted by Crippen LogP contribution is -2.10. The average Bonchev–Trinajstić information content (AvgIpc) is 2.47. The van der Waals surface area contributed by atoms with Crippen LogP contribution in [-0.4, -0.2) is 17.0 Å². The molecule has 1 aromatic heterocycles. The molecule has 1 amide bonds. The Hall–Kier alpha value is -2.62. The molecule has 114 valence electrons. The maximum atomic E-state index is 11.9. The van der Waals surface area contributed by atoms with E-state index in [-0.39, 0.29) is 12.0 Å². The van der Waals surface area contributed by atoms with E-state index in [0.29, 0.717) is 5.82 Å². The molecule has 0 aliphatic rings. The highest BCUT2D eigenvalue weighted by molar-refractivity contribution is 6.01. The number of hydrogen-bond donors (Lipinski definition) is 1. The number of rotatable bonds is 5. The van der Waals surface area contributed by atoms with E-state index in [2.05, 4.69) is 10.3 Å². The van der Waals surface area contributed by atoms with Gasteiger partial charge in [0.2, 0.25) is 5.91 Å². The Morgan fingerprint density at radius 2 is 2.09 bits per heavy atom. The number of nitrogens with zero attached hydrogens (tertiary/aromatic N) is 1. The van der Waals surface area contributed by atoms with E-state index in [9.17, 15) is 4.79 Å². The summed E-state index contributed by atoms with van der Waals surface area (Å²) in [4.78, 5) is 16.1. The number of benzene rings is 1. The van der Waals surface area contributed by atoms with Crippen molar-refractivity contribution in [2.45, 2.75) is 26.9 Å². The van der Waals surface area contributed by atoms with Gasteiger partial charge in [-0.05, 0) is 56.2 Å². The Labute approximate surface area is 130 Å². The average molecular weight is 296 g/mol. The Morgan fingerprint density at radius 3 is 2.82 bits per heavy atom. The van der Waals surface area contributed by atoms with Crippen molar-refractivity contribution in [3.8, 4) is 5.75 Å². The van der Waals surface area contributed by atoms with E-state index < -0.39 is 0 Å². The van der Waals surface area contributed by atoms with Gasteiger partial charge in [-0.3, -0.25) is 4.79 Å². The molecule has 0 unspecified atom stereocenters. The van der Waals surface area contributed by atoms with Crippen LogP contribution in [-0.2, 0) is 4.79 Å². The first-order valence-corrected chi connectivity index (χ1v) is 7.22. The van der Waals surface area contributed by atoms with Gasteiger partial charge in [-0.15, -0.1) is 0 Å². The number of carbonyl (C=O) groups is 1. The third kappa shape index (κ3) is 4.74. The van der Waals surface area contributed by atoms with Crippen molar-refractivity contribution in [2.75, 3.05) is 5.32 Å². The highest BCUT2D eigenvalue weighted by Gasteiger charge is 2.02. The number of anilines is 1. The minimum atomic E-state index is -0.211. The maximum Gasteiger partial charge on any atom is 0.249 e. The summed E-state index contributed by atoms with van der Waals surface area (Å²) in [6, 6.07) is 11.4. The van der Waals surface area contributed by atoms with Gasteiger partial charge < -0.3 is 10.1 Å². The Bertz CT molecular complexity index is 678. The molecule has 1 heterocycles. The summed E-state index contributed by atoms with van der Waals surface area (Å²) in [5, 5.41) is 2.76. The van der Waals surface area contributed by atoms with Crippen LogP contribution in [0.4, 0.5) is 5.82 Å². The van der Waals surface area contributed by atoms with Crippen LogP contribution >= 0.6 is 0 Å². The third-order valence-corrected chi connectivity index (χ3v) is 2.91. The van der Waals surface area contributed by atoms with Gasteiger partial charge >= 0.3 is 0 Å². The van der Waals surface area contributed by atoms with Crippen molar-refractivity contribution in [3.05, 3.63) is 59.8 Å². The van der Waals surface area contributed by atoms with E-state index in [0.717, 1.165) is 16.9 Å². The maximum absolute atomic E-state index is 11.9. The van der Waals surface area contributed by atoms with Gasteiger partial charge in [0.1, 0.15) is 11.6 Å². The summed E-state index contributed by atoms with van der Waals surface area (Å²) in [7, 11) is 0. The molecule has 22 heavy (non-hydrogen) atoms. The summed E-state index contributed by atoms with van der Waals surface area (Å²) >= 11 is 0. The van der Waals surface area contributed by atoms with Crippen molar-refractivity contribution in [3.63, 3.8) is 0 Å². The summed E-state index contributed by atoms with van der Waals surface area (Å²) in [5.74, 6) is 1.16. The van der Waals surface area contributed by atoms with Crippen LogP contribution in [0.2, 0.25) is 0 Å². The smallest absolute Gasteiger partial charge is 0.249 e. The largest absolute Gasteiger partial charge is 0.491 e. The lowest BCUT2D eigenvalue weighted by Gasteiger charge is -2.09. The minimum absolute atomic E-state index is 0.120. The fraction of sp³-hybridized carbons (Fsp3) is 0.222. The predicted molar refractivity (Wildman–Crippen MR) is 88.8 cm³/mol. The van der Waals surface area contributed by atoms with Crippen LogP contribution in [0.15, 0.2) is 48.7 Å². The quantitative estimate of drug-likeness (QED) is 0.853. The molecule has 0 bridgehead atoms. The van der Waals surface area contributed by atoms with Crippen molar-refractivity contribution in [2.24, 2.45) is 0 Å². The standard InChI is InChI=1S/C18H20N2O2/c1-13(2)22-16-8-4-7-15(12-16)9-10-17(21)20-18-14(3)6-5-11-19-18/h4-13H,1-3H3,(H,19,20,21)/b10-9+. The van der Waals surface area contributed by atoms with Gasteiger partial charge in [-0.2, -0.15) is 0 Å². The molecule has 4 heteroatoms. The van der Waals surface area contributed by atoms with Crippen molar-refractivity contribution >= 4 is 17.8 Å². The molecule has 1 N–H and O–H groups in total. The SMILES string of the molecule is Cc1cccnc1NC(=O)/C=C/c1cccc(OC(C)C)c1. The predicted octanol–water partition coefficient (Wildman–Crippen LogP) is 3.83. The van der Waals surface area contributed by atoms with Crippen LogP contribution in [0.25, 0.3) is 6.08 Å². The minimum Gasteiger partial charge on any atom is -0.491 e. The number of ether oxygens (including phenoxy) is 1. The van der Waals surface area contributed by atoms with Crippen LogP contribution in [0.5, 0.6) is 5.75 Å². The van der Waals surface area contributed by atoms with Gasteiger partial charge in [0.25, 0.3) is 0 Å². The number of aryl methyl sites for hydroxylation is 1. The zero-order valence-corrected chi connectivity index (χ0v) is 13.0. The zero-order valence-electron chi connectivity index (χ0n) is 13.0. The monoisotopic (exact) mass is 296 g/mol. The third-order valence-electron chi connectivity index (χ3n) is 2.91. The highest BCUT2D eigenvalue weighted by atomic mass is 16.5. The molecule has 0 fully saturated rings. The number of aromatic nitrogens is 1. The highest BCUT2D eigenvalue weighted by Crippen LogP contribution is 2.16. The molecule has 0 radical (unpaired) electrons. The molecule has 0 aliphatic carbocycles. The fourth-order valence-corrected chi connectivity index (χ4v) is 1.91. The first-order valence-electron chi connectivity index (χ1n) is 7.22. The number of amides is 1. The molecule has 0 spiro atoms. The fourth-order valence-electron chi connectivity index (χ4n) is 1.91. The van der Waals surface area contributed by atoms with Gasteiger partial charge in [-0.1, -0.05) is 18.2 Å². The van der Waals surface area contributed by atoms with Gasteiger partial charge in [0.15, 0.2) is 0 Å².